The van der Waals surface area contributed by atoms with E-state index in [0.717, 1.165) is 31.6 Å². The third-order valence-corrected chi connectivity index (χ3v) is 4.68. The van der Waals surface area contributed by atoms with Crippen molar-refractivity contribution in [3.05, 3.63) is 29.8 Å². The minimum Gasteiger partial charge on any atom is -0.497 e. The molecule has 0 radical (unpaired) electrons. The third kappa shape index (κ3) is 3.78. The van der Waals surface area contributed by atoms with Crippen molar-refractivity contribution in [2.24, 2.45) is 0 Å². The molecular weight excluding hydrogens is 262 g/mol. The molecule has 1 aliphatic rings. The van der Waals surface area contributed by atoms with Crippen molar-refractivity contribution in [3.63, 3.8) is 0 Å². The van der Waals surface area contributed by atoms with Gasteiger partial charge in [-0.3, -0.25) is 0 Å². The molecule has 1 unspecified atom stereocenters. The van der Waals surface area contributed by atoms with Crippen LogP contribution in [0.4, 0.5) is 0 Å². The van der Waals surface area contributed by atoms with Gasteiger partial charge in [-0.25, -0.2) is 0 Å². The number of ether oxygens (including phenoxy) is 2. The van der Waals surface area contributed by atoms with E-state index >= 15 is 0 Å². The van der Waals surface area contributed by atoms with E-state index in [9.17, 15) is 0 Å². The largest absolute Gasteiger partial charge is 0.497 e. The Morgan fingerprint density at radius 1 is 1.10 bits per heavy atom. The lowest BCUT2D eigenvalue weighted by atomic mass is 9.76. The van der Waals surface area contributed by atoms with Crippen LogP contribution in [0.3, 0.4) is 0 Å². The number of benzene rings is 1. The summed E-state index contributed by atoms with van der Waals surface area (Å²) in [4.78, 5) is 0. The Labute approximate surface area is 129 Å². The van der Waals surface area contributed by atoms with Gasteiger partial charge in [0.05, 0.1) is 18.8 Å². The lowest BCUT2D eigenvalue weighted by Crippen LogP contribution is -2.47. The summed E-state index contributed by atoms with van der Waals surface area (Å²) in [6, 6.07) is 8.68. The van der Waals surface area contributed by atoms with E-state index in [1.54, 1.807) is 7.11 Å². The second-order valence-corrected chi connectivity index (χ2v) is 5.99. The van der Waals surface area contributed by atoms with Gasteiger partial charge in [0, 0.05) is 7.11 Å². The first kappa shape index (κ1) is 16.3. The number of rotatable bonds is 7. The van der Waals surface area contributed by atoms with Crippen LogP contribution in [0, 0.1) is 0 Å². The van der Waals surface area contributed by atoms with Crippen molar-refractivity contribution in [1.82, 2.24) is 5.32 Å². The molecule has 0 heterocycles. The number of hydrogen-bond acceptors (Lipinski definition) is 3. The Balaban J connectivity index is 2.26. The van der Waals surface area contributed by atoms with Crippen LogP contribution in [0.15, 0.2) is 24.3 Å². The van der Waals surface area contributed by atoms with Crippen molar-refractivity contribution in [2.45, 2.75) is 57.1 Å². The van der Waals surface area contributed by atoms with Crippen molar-refractivity contribution in [2.75, 3.05) is 20.8 Å². The minimum absolute atomic E-state index is 0.0675. The summed E-state index contributed by atoms with van der Waals surface area (Å²) in [5.41, 5.74) is 1.23. The topological polar surface area (TPSA) is 30.5 Å². The highest BCUT2D eigenvalue weighted by Crippen LogP contribution is 2.41. The fourth-order valence-electron chi connectivity index (χ4n) is 3.45. The standard InChI is InChI=1S/C18H29NO2/c1-4-14-19-17(15-8-10-16(20-2)11-9-15)18(21-3)12-6-5-7-13-18/h8-11,17,19H,4-7,12-14H2,1-3H3. The molecule has 2 rings (SSSR count). The maximum absolute atomic E-state index is 6.06. The van der Waals surface area contributed by atoms with Gasteiger partial charge >= 0.3 is 0 Å². The summed E-state index contributed by atoms with van der Waals surface area (Å²) in [7, 11) is 3.58. The summed E-state index contributed by atoms with van der Waals surface area (Å²) in [6.45, 7) is 3.22. The van der Waals surface area contributed by atoms with Gasteiger partial charge in [0.25, 0.3) is 0 Å². The van der Waals surface area contributed by atoms with E-state index in [0.29, 0.717) is 0 Å². The lowest BCUT2D eigenvalue weighted by Gasteiger charge is -2.43. The molecule has 1 saturated carbocycles. The van der Waals surface area contributed by atoms with Crippen LogP contribution in [-0.4, -0.2) is 26.4 Å². The highest BCUT2D eigenvalue weighted by molar-refractivity contribution is 5.31. The second kappa shape index (κ2) is 7.81. The Kier molecular flexibility index (Phi) is 6.07. The molecule has 1 fully saturated rings. The van der Waals surface area contributed by atoms with Crippen molar-refractivity contribution >= 4 is 0 Å². The van der Waals surface area contributed by atoms with E-state index in [4.69, 9.17) is 9.47 Å². The minimum atomic E-state index is -0.0675. The highest BCUT2D eigenvalue weighted by atomic mass is 16.5. The van der Waals surface area contributed by atoms with Gasteiger partial charge in [-0.1, -0.05) is 38.3 Å². The van der Waals surface area contributed by atoms with Gasteiger partial charge in [0.15, 0.2) is 0 Å². The fraction of sp³-hybridized carbons (Fsp3) is 0.667. The molecule has 0 spiro atoms. The lowest BCUT2D eigenvalue weighted by molar-refractivity contribution is -0.0687. The highest BCUT2D eigenvalue weighted by Gasteiger charge is 2.40. The molecule has 0 amide bonds. The molecule has 0 saturated heterocycles. The molecule has 0 bridgehead atoms. The van der Waals surface area contributed by atoms with Crippen LogP contribution in [0.25, 0.3) is 0 Å². The van der Waals surface area contributed by atoms with Crippen LogP contribution in [-0.2, 0) is 4.74 Å². The van der Waals surface area contributed by atoms with Gasteiger partial charge in [0.2, 0.25) is 0 Å². The third-order valence-electron chi connectivity index (χ3n) is 4.68. The van der Waals surface area contributed by atoms with Gasteiger partial charge in [-0.05, 0) is 43.5 Å². The predicted molar refractivity (Wildman–Crippen MR) is 86.9 cm³/mol. The SMILES string of the molecule is CCCNC(c1ccc(OC)cc1)C1(OC)CCCCC1. The predicted octanol–water partition coefficient (Wildman–Crippen LogP) is 4.09. The van der Waals surface area contributed by atoms with Crippen LogP contribution >= 0.6 is 0 Å². The van der Waals surface area contributed by atoms with E-state index < -0.39 is 0 Å². The van der Waals surface area contributed by atoms with E-state index in [1.165, 1.54) is 24.8 Å². The molecule has 1 N–H and O–H groups in total. The van der Waals surface area contributed by atoms with Gasteiger partial charge in [-0.15, -0.1) is 0 Å². The molecule has 3 nitrogen and oxygen atoms in total. The molecule has 1 aromatic rings. The van der Waals surface area contributed by atoms with Crippen LogP contribution < -0.4 is 10.1 Å². The average Bonchev–Trinajstić information content (AvgIpc) is 2.56. The number of nitrogens with one attached hydrogen (secondary N) is 1. The number of methoxy groups -OCH3 is 2. The van der Waals surface area contributed by atoms with Crippen LogP contribution in [0.1, 0.15) is 57.1 Å². The van der Waals surface area contributed by atoms with Gasteiger partial charge < -0.3 is 14.8 Å². The Morgan fingerprint density at radius 2 is 1.76 bits per heavy atom. The molecule has 1 atom stereocenters. The zero-order valence-corrected chi connectivity index (χ0v) is 13.7. The Hall–Kier alpha value is -1.06. The van der Waals surface area contributed by atoms with Crippen molar-refractivity contribution in [3.8, 4) is 5.75 Å². The second-order valence-electron chi connectivity index (χ2n) is 5.99. The van der Waals surface area contributed by atoms with Gasteiger partial charge in [-0.2, -0.15) is 0 Å². The number of hydrogen-bond donors (Lipinski definition) is 1. The van der Waals surface area contributed by atoms with E-state index in [2.05, 4.69) is 24.4 Å². The van der Waals surface area contributed by atoms with Crippen LogP contribution in [0.5, 0.6) is 5.75 Å². The monoisotopic (exact) mass is 291 g/mol. The van der Waals surface area contributed by atoms with E-state index in [1.807, 2.05) is 19.2 Å². The van der Waals surface area contributed by atoms with Crippen LogP contribution in [0.2, 0.25) is 0 Å². The molecule has 0 aliphatic heterocycles. The quantitative estimate of drug-likeness (QED) is 0.821. The summed E-state index contributed by atoms with van der Waals surface area (Å²) in [5, 5.41) is 3.72. The molecular formula is C18H29NO2. The molecule has 118 valence electrons. The first-order valence-corrected chi connectivity index (χ1v) is 8.18. The van der Waals surface area contributed by atoms with Gasteiger partial charge in [0.1, 0.15) is 5.75 Å². The van der Waals surface area contributed by atoms with Crippen molar-refractivity contribution < 1.29 is 9.47 Å². The maximum atomic E-state index is 6.06. The maximum Gasteiger partial charge on any atom is 0.118 e. The first-order chi connectivity index (χ1) is 10.3. The summed E-state index contributed by atoms with van der Waals surface area (Å²) < 4.78 is 11.3. The zero-order valence-electron chi connectivity index (χ0n) is 13.7. The summed E-state index contributed by atoms with van der Waals surface area (Å²) in [5.74, 6) is 0.906. The Bertz CT molecular complexity index is 410. The summed E-state index contributed by atoms with van der Waals surface area (Å²) in [6.07, 6.45) is 7.25. The van der Waals surface area contributed by atoms with Crippen molar-refractivity contribution in [1.29, 1.82) is 0 Å². The summed E-state index contributed by atoms with van der Waals surface area (Å²) >= 11 is 0. The normalized spacial score (nSPS) is 19.2. The Morgan fingerprint density at radius 3 is 2.29 bits per heavy atom. The molecule has 21 heavy (non-hydrogen) atoms. The molecule has 1 aliphatic carbocycles. The fourth-order valence-corrected chi connectivity index (χ4v) is 3.45. The smallest absolute Gasteiger partial charge is 0.118 e. The average molecular weight is 291 g/mol. The molecule has 0 aromatic heterocycles. The first-order valence-electron chi connectivity index (χ1n) is 8.18. The zero-order chi connectivity index (χ0) is 15.1. The van der Waals surface area contributed by atoms with E-state index in [-0.39, 0.29) is 11.6 Å². The molecule has 1 aromatic carbocycles. The molecule has 3 heteroatoms.